The van der Waals surface area contributed by atoms with Gasteiger partial charge >= 0.3 is 0 Å². The van der Waals surface area contributed by atoms with Crippen LogP contribution in [-0.2, 0) is 0 Å². The van der Waals surface area contributed by atoms with Crippen LogP contribution in [-0.4, -0.2) is 17.9 Å². The van der Waals surface area contributed by atoms with Gasteiger partial charge in [-0.3, -0.25) is 4.79 Å². The van der Waals surface area contributed by atoms with E-state index in [0.717, 1.165) is 11.3 Å². The van der Waals surface area contributed by atoms with Crippen molar-refractivity contribution in [1.29, 1.82) is 0 Å². The van der Waals surface area contributed by atoms with Crippen molar-refractivity contribution < 1.29 is 13.9 Å². The maximum absolute atomic E-state index is 10.8. The molecule has 0 spiro atoms. The molecule has 1 aromatic heterocycles. The summed E-state index contributed by atoms with van der Waals surface area (Å²) in [6.07, 6.45) is 0.672. The molecule has 4 heteroatoms. The van der Waals surface area contributed by atoms with Gasteiger partial charge in [0.05, 0.1) is 6.61 Å². The number of carbonyl (C=O) groups excluding carboxylic acids is 1. The summed E-state index contributed by atoms with van der Waals surface area (Å²) in [5, 5.41) is 0. The van der Waals surface area contributed by atoms with Gasteiger partial charge in [0.2, 0.25) is 0 Å². The lowest BCUT2D eigenvalue weighted by atomic mass is 10.1. The number of oxazole rings is 1. The molecule has 2 rings (SSSR count). The summed E-state index contributed by atoms with van der Waals surface area (Å²) in [4.78, 5) is 15.0. The minimum Gasteiger partial charge on any atom is -0.494 e. The van der Waals surface area contributed by atoms with Crippen molar-refractivity contribution in [1.82, 2.24) is 4.98 Å². The fourth-order valence-corrected chi connectivity index (χ4v) is 1.61. The van der Waals surface area contributed by atoms with E-state index >= 15 is 0 Å². The third kappa shape index (κ3) is 2.36. The Morgan fingerprint density at radius 2 is 2.06 bits per heavy atom. The molecule has 4 nitrogen and oxygen atoms in total. The second-order valence-corrected chi connectivity index (χ2v) is 3.52. The van der Waals surface area contributed by atoms with Crippen LogP contribution in [0.15, 0.2) is 28.7 Å². The third-order valence-corrected chi connectivity index (χ3v) is 2.31. The number of hydrogen-bond donors (Lipinski definition) is 0. The third-order valence-electron chi connectivity index (χ3n) is 2.31. The second kappa shape index (κ2) is 4.82. The molecule has 0 amide bonds. The first kappa shape index (κ1) is 11.4. The molecule has 0 aliphatic heterocycles. The van der Waals surface area contributed by atoms with Gasteiger partial charge in [0.1, 0.15) is 11.4 Å². The van der Waals surface area contributed by atoms with Crippen molar-refractivity contribution in [2.45, 2.75) is 13.8 Å². The standard InChI is InChI=1S/C13H13NO3/c1-3-16-11-6-4-10(5-7-11)13-12(8-15)17-9(2)14-13/h4-8H,3H2,1-2H3. The summed E-state index contributed by atoms with van der Waals surface area (Å²) in [6, 6.07) is 7.40. The van der Waals surface area contributed by atoms with Crippen LogP contribution in [0.25, 0.3) is 11.3 Å². The van der Waals surface area contributed by atoms with Crippen molar-refractivity contribution in [3.8, 4) is 17.0 Å². The smallest absolute Gasteiger partial charge is 0.195 e. The lowest BCUT2D eigenvalue weighted by Gasteiger charge is -2.03. The second-order valence-electron chi connectivity index (χ2n) is 3.52. The Bertz CT molecular complexity index is 514. The number of rotatable bonds is 4. The minimum atomic E-state index is 0.256. The van der Waals surface area contributed by atoms with Gasteiger partial charge < -0.3 is 9.15 Å². The summed E-state index contributed by atoms with van der Waals surface area (Å²) < 4.78 is 10.5. The lowest BCUT2D eigenvalue weighted by Crippen LogP contribution is -1.91. The molecular weight excluding hydrogens is 218 g/mol. The zero-order valence-corrected chi connectivity index (χ0v) is 9.77. The van der Waals surface area contributed by atoms with E-state index in [1.165, 1.54) is 0 Å². The van der Waals surface area contributed by atoms with Gasteiger partial charge in [-0.1, -0.05) is 0 Å². The molecule has 0 atom stereocenters. The van der Waals surface area contributed by atoms with E-state index < -0.39 is 0 Å². The molecule has 0 bridgehead atoms. The van der Waals surface area contributed by atoms with Crippen molar-refractivity contribution in [2.24, 2.45) is 0 Å². The SMILES string of the molecule is CCOc1ccc(-c2nc(C)oc2C=O)cc1. The van der Waals surface area contributed by atoms with Crippen molar-refractivity contribution in [3.05, 3.63) is 35.9 Å². The van der Waals surface area contributed by atoms with Crippen LogP contribution in [0.2, 0.25) is 0 Å². The van der Waals surface area contributed by atoms with Crippen LogP contribution in [0.1, 0.15) is 23.4 Å². The highest BCUT2D eigenvalue weighted by Gasteiger charge is 2.12. The van der Waals surface area contributed by atoms with E-state index in [1.807, 2.05) is 31.2 Å². The summed E-state index contributed by atoms with van der Waals surface area (Å²) in [5.74, 6) is 1.53. The summed E-state index contributed by atoms with van der Waals surface area (Å²) in [5.41, 5.74) is 1.41. The quantitative estimate of drug-likeness (QED) is 0.759. The monoisotopic (exact) mass is 231 g/mol. The fourth-order valence-electron chi connectivity index (χ4n) is 1.61. The van der Waals surface area contributed by atoms with Crippen LogP contribution in [0.4, 0.5) is 0 Å². The normalized spacial score (nSPS) is 10.2. The number of benzene rings is 1. The van der Waals surface area contributed by atoms with Crippen LogP contribution in [0.3, 0.4) is 0 Å². The molecule has 0 fully saturated rings. The highest BCUT2D eigenvalue weighted by molar-refractivity contribution is 5.82. The first-order valence-electron chi connectivity index (χ1n) is 5.40. The number of carbonyl (C=O) groups is 1. The van der Waals surface area contributed by atoms with Gasteiger partial charge in [-0.05, 0) is 31.2 Å². The maximum atomic E-state index is 10.8. The first-order valence-corrected chi connectivity index (χ1v) is 5.40. The van der Waals surface area contributed by atoms with Gasteiger partial charge in [0.25, 0.3) is 0 Å². The van der Waals surface area contributed by atoms with Crippen molar-refractivity contribution >= 4 is 6.29 Å². The van der Waals surface area contributed by atoms with Crippen LogP contribution in [0, 0.1) is 6.92 Å². The van der Waals surface area contributed by atoms with Gasteiger partial charge in [-0.25, -0.2) is 4.98 Å². The van der Waals surface area contributed by atoms with Crippen molar-refractivity contribution in [2.75, 3.05) is 6.61 Å². The van der Waals surface area contributed by atoms with Gasteiger partial charge in [-0.15, -0.1) is 0 Å². The molecule has 2 aromatic rings. The maximum Gasteiger partial charge on any atom is 0.195 e. The lowest BCUT2D eigenvalue weighted by molar-refractivity contribution is 0.110. The highest BCUT2D eigenvalue weighted by Crippen LogP contribution is 2.24. The molecular formula is C13H13NO3. The Kier molecular flexibility index (Phi) is 3.23. The number of nitrogens with zero attached hydrogens (tertiary/aromatic N) is 1. The van der Waals surface area contributed by atoms with Gasteiger partial charge in [0, 0.05) is 12.5 Å². The highest BCUT2D eigenvalue weighted by atomic mass is 16.5. The molecule has 0 unspecified atom stereocenters. The van der Waals surface area contributed by atoms with E-state index in [2.05, 4.69) is 4.98 Å². The van der Waals surface area contributed by atoms with Crippen LogP contribution in [0.5, 0.6) is 5.75 Å². The van der Waals surface area contributed by atoms with E-state index in [-0.39, 0.29) is 5.76 Å². The van der Waals surface area contributed by atoms with E-state index in [1.54, 1.807) is 6.92 Å². The van der Waals surface area contributed by atoms with Gasteiger partial charge in [-0.2, -0.15) is 0 Å². The molecule has 0 N–H and O–H groups in total. The Labute approximate surface area is 99.2 Å². The average molecular weight is 231 g/mol. The van der Waals surface area contributed by atoms with Crippen LogP contribution < -0.4 is 4.74 Å². The Morgan fingerprint density at radius 3 is 2.65 bits per heavy atom. The number of hydrogen-bond acceptors (Lipinski definition) is 4. The minimum absolute atomic E-state index is 0.256. The topological polar surface area (TPSA) is 52.3 Å². The Hall–Kier alpha value is -2.10. The number of aldehydes is 1. The van der Waals surface area contributed by atoms with Crippen LogP contribution >= 0.6 is 0 Å². The Balaban J connectivity index is 2.35. The van der Waals surface area contributed by atoms with Crippen molar-refractivity contribution in [3.63, 3.8) is 0 Å². The first-order chi connectivity index (χ1) is 8.24. The zero-order chi connectivity index (χ0) is 12.3. The molecule has 0 saturated carbocycles. The fraction of sp³-hybridized carbons (Fsp3) is 0.231. The largest absolute Gasteiger partial charge is 0.494 e. The summed E-state index contributed by atoms with van der Waals surface area (Å²) >= 11 is 0. The zero-order valence-electron chi connectivity index (χ0n) is 9.77. The summed E-state index contributed by atoms with van der Waals surface area (Å²) in [7, 11) is 0. The molecule has 0 radical (unpaired) electrons. The molecule has 88 valence electrons. The number of ether oxygens (including phenoxy) is 1. The molecule has 1 heterocycles. The average Bonchev–Trinajstić information content (AvgIpc) is 2.72. The summed E-state index contributed by atoms with van der Waals surface area (Å²) in [6.45, 7) is 4.27. The van der Waals surface area contributed by atoms with E-state index in [9.17, 15) is 4.79 Å². The van der Waals surface area contributed by atoms with E-state index in [4.69, 9.17) is 9.15 Å². The number of aryl methyl sites for hydroxylation is 1. The number of aromatic nitrogens is 1. The molecule has 0 aliphatic rings. The molecule has 0 saturated heterocycles. The molecule has 17 heavy (non-hydrogen) atoms. The molecule has 0 aliphatic carbocycles. The van der Waals surface area contributed by atoms with Gasteiger partial charge in [0.15, 0.2) is 17.9 Å². The molecule has 1 aromatic carbocycles. The predicted molar refractivity (Wildman–Crippen MR) is 63.2 cm³/mol. The predicted octanol–water partition coefficient (Wildman–Crippen LogP) is 2.86. The Morgan fingerprint density at radius 1 is 1.35 bits per heavy atom. The van der Waals surface area contributed by atoms with E-state index in [0.29, 0.717) is 24.5 Å².